The molecule has 0 heterocycles. The molecule has 2 rings (SSSR count). The normalized spacial score (nSPS) is 22.8. The van der Waals surface area contributed by atoms with E-state index in [1.54, 1.807) is 0 Å². The van der Waals surface area contributed by atoms with Crippen LogP contribution in [0.3, 0.4) is 0 Å². The van der Waals surface area contributed by atoms with Crippen LogP contribution in [0.15, 0.2) is 18.2 Å². The maximum atomic E-state index is 13.1. The molecule has 0 aromatic heterocycles. The molecule has 1 N–H and O–H groups in total. The van der Waals surface area contributed by atoms with Crippen LogP contribution in [0.25, 0.3) is 0 Å². The van der Waals surface area contributed by atoms with Gasteiger partial charge < -0.3 is 14.8 Å². The highest BCUT2D eigenvalue weighted by atomic mass is 16.5. The third-order valence-corrected chi connectivity index (χ3v) is 5.14. The Kier molecular flexibility index (Phi) is 7.95. The number of unbranched alkanes of at least 4 members (excludes halogenated alkanes) is 1. The SMILES string of the molecule is CCCCOc1ccc(NC(=O)[C@]2(OCCC)CCC[C@@H](C)C2)cc1C. The van der Waals surface area contributed by atoms with E-state index in [1.807, 2.05) is 25.1 Å². The maximum Gasteiger partial charge on any atom is 0.256 e. The van der Waals surface area contributed by atoms with Gasteiger partial charge in [0.15, 0.2) is 0 Å². The van der Waals surface area contributed by atoms with E-state index in [9.17, 15) is 4.79 Å². The second-order valence-electron chi connectivity index (χ2n) is 7.68. The van der Waals surface area contributed by atoms with Crippen LogP contribution in [0.1, 0.15) is 71.3 Å². The molecule has 0 unspecified atom stereocenters. The molecule has 1 amide bonds. The number of ether oxygens (including phenoxy) is 2. The molecule has 1 aliphatic carbocycles. The summed E-state index contributed by atoms with van der Waals surface area (Å²) in [6.45, 7) is 9.82. The number of aryl methyl sites for hydroxylation is 1. The summed E-state index contributed by atoms with van der Waals surface area (Å²) in [5, 5.41) is 3.10. The van der Waals surface area contributed by atoms with Gasteiger partial charge in [-0.05, 0) is 68.7 Å². The van der Waals surface area contributed by atoms with Gasteiger partial charge in [-0.25, -0.2) is 0 Å². The molecule has 26 heavy (non-hydrogen) atoms. The van der Waals surface area contributed by atoms with Gasteiger partial charge >= 0.3 is 0 Å². The molecule has 4 heteroatoms. The van der Waals surface area contributed by atoms with Crippen LogP contribution < -0.4 is 10.1 Å². The second-order valence-corrected chi connectivity index (χ2v) is 7.68. The molecule has 1 saturated carbocycles. The van der Waals surface area contributed by atoms with Crippen molar-refractivity contribution in [3.63, 3.8) is 0 Å². The standard InChI is InChI=1S/C22H35NO3/c1-5-7-14-25-20-11-10-19(15-18(20)4)23-21(24)22(26-13-6-2)12-8-9-17(3)16-22/h10-11,15,17H,5-9,12-14,16H2,1-4H3,(H,23,24)/t17-,22+/m1/s1. The van der Waals surface area contributed by atoms with Crippen LogP contribution in [0.4, 0.5) is 5.69 Å². The quantitative estimate of drug-likeness (QED) is 0.592. The Labute approximate surface area is 158 Å². The van der Waals surface area contributed by atoms with Crippen LogP contribution in [-0.2, 0) is 9.53 Å². The molecule has 0 bridgehead atoms. The fourth-order valence-corrected chi connectivity index (χ4v) is 3.66. The maximum absolute atomic E-state index is 13.1. The van der Waals surface area contributed by atoms with Crippen LogP contribution >= 0.6 is 0 Å². The average Bonchev–Trinajstić information content (AvgIpc) is 2.62. The van der Waals surface area contributed by atoms with E-state index < -0.39 is 5.60 Å². The van der Waals surface area contributed by atoms with Gasteiger partial charge in [-0.15, -0.1) is 0 Å². The van der Waals surface area contributed by atoms with Crippen molar-refractivity contribution in [1.29, 1.82) is 0 Å². The fourth-order valence-electron chi connectivity index (χ4n) is 3.66. The minimum atomic E-state index is -0.683. The first kappa shape index (κ1) is 20.8. The second kappa shape index (κ2) is 9.96. The molecule has 4 nitrogen and oxygen atoms in total. The first-order valence-electron chi connectivity index (χ1n) is 10.2. The molecule has 0 saturated heterocycles. The predicted molar refractivity (Wildman–Crippen MR) is 107 cm³/mol. The van der Waals surface area contributed by atoms with E-state index in [4.69, 9.17) is 9.47 Å². The van der Waals surface area contributed by atoms with Gasteiger partial charge in [0.05, 0.1) is 6.61 Å². The first-order chi connectivity index (χ1) is 12.5. The highest BCUT2D eigenvalue weighted by Crippen LogP contribution is 2.36. The number of amides is 1. The first-order valence-corrected chi connectivity index (χ1v) is 10.2. The topological polar surface area (TPSA) is 47.6 Å². The molecular weight excluding hydrogens is 326 g/mol. The van der Waals surface area contributed by atoms with Crippen molar-refractivity contribution >= 4 is 11.6 Å². The molecular formula is C22H35NO3. The van der Waals surface area contributed by atoms with E-state index in [-0.39, 0.29) is 5.91 Å². The zero-order valence-corrected chi connectivity index (χ0v) is 16.9. The van der Waals surface area contributed by atoms with Crippen molar-refractivity contribution in [2.24, 2.45) is 5.92 Å². The third kappa shape index (κ3) is 5.47. The molecule has 146 valence electrons. The van der Waals surface area contributed by atoms with E-state index in [0.717, 1.165) is 62.1 Å². The summed E-state index contributed by atoms with van der Waals surface area (Å²) in [6.07, 6.45) is 6.91. The number of hydrogen-bond donors (Lipinski definition) is 1. The number of nitrogens with one attached hydrogen (secondary N) is 1. The summed E-state index contributed by atoms with van der Waals surface area (Å²) in [6, 6.07) is 5.86. The lowest BCUT2D eigenvalue weighted by atomic mass is 9.78. The van der Waals surface area contributed by atoms with Crippen molar-refractivity contribution in [1.82, 2.24) is 0 Å². The number of rotatable bonds is 9. The van der Waals surface area contributed by atoms with Gasteiger partial charge in [0, 0.05) is 12.3 Å². The zero-order valence-electron chi connectivity index (χ0n) is 16.9. The van der Waals surface area contributed by atoms with Crippen LogP contribution in [0.5, 0.6) is 5.75 Å². The van der Waals surface area contributed by atoms with Crippen LogP contribution in [0, 0.1) is 12.8 Å². The van der Waals surface area contributed by atoms with Crippen LogP contribution in [-0.4, -0.2) is 24.7 Å². The van der Waals surface area contributed by atoms with Gasteiger partial charge in [0.1, 0.15) is 11.4 Å². The van der Waals surface area contributed by atoms with Crippen molar-refractivity contribution in [3.8, 4) is 5.75 Å². The van der Waals surface area contributed by atoms with Crippen molar-refractivity contribution in [2.75, 3.05) is 18.5 Å². The summed E-state index contributed by atoms with van der Waals surface area (Å²) >= 11 is 0. The van der Waals surface area contributed by atoms with Gasteiger partial charge in [-0.1, -0.05) is 33.6 Å². The summed E-state index contributed by atoms with van der Waals surface area (Å²) in [7, 11) is 0. The monoisotopic (exact) mass is 361 g/mol. The number of carbonyl (C=O) groups is 1. The lowest BCUT2D eigenvalue weighted by Gasteiger charge is -2.38. The van der Waals surface area contributed by atoms with Gasteiger partial charge in [-0.2, -0.15) is 0 Å². The zero-order chi connectivity index (χ0) is 19.0. The minimum Gasteiger partial charge on any atom is -0.493 e. The Morgan fingerprint density at radius 2 is 2.08 bits per heavy atom. The Morgan fingerprint density at radius 3 is 2.73 bits per heavy atom. The predicted octanol–water partition coefficient (Wildman–Crippen LogP) is 5.49. The average molecular weight is 362 g/mol. The molecule has 1 aromatic rings. The highest BCUT2D eigenvalue weighted by Gasteiger charge is 2.42. The van der Waals surface area contributed by atoms with E-state index in [0.29, 0.717) is 12.5 Å². The minimum absolute atomic E-state index is 0.00319. The summed E-state index contributed by atoms with van der Waals surface area (Å²) < 4.78 is 11.9. The van der Waals surface area contributed by atoms with E-state index in [2.05, 4.69) is 26.1 Å². The van der Waals surface area contributed by atoms with Crippen molar-refractivity contribution < 1.29 is 14.3 Å². The Bertz CT molecular complexity index is 587. The van der Waals surface area contributed by atoms with Crippen LogP contribution in [0.2, 0.25) is 0 Å². The lowest BCUT2D eigenvalue weighted by molar-refractivity contribution is -0.148. The number of carbonyl (C=O) groups excluding carboxylic acids is 1. The molecule has 0 spiro atoms. The number of anilines is 1. The van der Waals surface area contributed by atoms with Crippen molar-refractivity contribution in [3.05, 3.63) is 23.8 Å². The smallest absolute Gasteiger partial charge is 0.256 e. The van der Waals surface area contributed by atoms with E-state index >= 15 is 0 Å². The molecule has 0 aliphatic heterocycles. The molecule has 0 radical (unpaired) electrons. The lowest BCUT2D eigenvalue weighted by Crippen LogP contribution is -2.48. The summed E-state index contributed by atoms with van der Waals surface area (Å²) in [5.74, 6) is 1.40. The molecule has 2 atom stereocenters. The van der Waals surface area contributed by atoms with E-state index in [1.165, 1.54) is 6.42 Å². The molecule has 1 fully saturated rings. The number of benzene rings is 1. The van der Waals surface area contributed by atoms with Gasteiger partial charge in [-0.3, -0.25) is 4.79 Å². The highest BCUT2D eigenvalue weighted by molar-refractivity contribution is 5.97. The summed E-state index contributed by atoms with van der Waals surface area (Å²) in [4.78, 5) is 13.1. The van der Waals surface area contributed by atoms with Gasteiger partial charge in [0.2, 0.25) is 0 Å². The Morgan fingerprint density at radius 1 is 1.27 bits per heavy atom. The van der Waals surface area contributed by atoms with Crippen molar-refractivity contribution in [2.45, 2.75) is 78.2 Å². The summed E-state index contributed by atoms with van der Waals surface area (Å²) in [5.41, 5.74) is 1.17. The molecule has 1 aromatic carbocycles. The Balaban J connectivity index is 2.07. The largest absolute Gasteiger partial charge is 0.493 e. The van der Waals surface area contributed by atoms with Gasteiger partial charge in [0.25, 0.3) is 5.91 Å². The third-order valence-electron chi connectivity index (χ3n) is 5.14. The Hall–Kier alpha value is -1.55. The molecule has 1 aliphatic rings. The number of hydrogen-bond acceptors (Lipinski definition) is 3. The fraction of sp³-hybridized carbons (Fsp3) is 0.682.